The van der Waals surface area contributed by atoms with Crippen LogP contribution >= 0.6 is 0 Å². The maximum atomic E-state index is 12.8. The summed E-state index contributed by atoms with van der Waals surface area (Å²) in [5.74, 6) is -0.507. The average molecular weight is 417 g/mol. The fourth-order valence-corrected chi connectivity index (χ4v) is 4.34. The van der Waals surface area contributed by atoms with Crippen LogP contribution in [-0.4, -0.2) is 28.0 Å². The van der Waals surface area contributed by atoms with Crippen LogP contribution in [0.4, 0.5) is 5.69 Å². The summed E-state index contributed by atoms with van der Waals surface area (Å²) in [4.78, 5) is 12.8. The normalized spacial score (nSPS) is 11.8. The van der Waals surface area contributed by atoms with Crippen molar-refractivity contribution in [1.29, 1.82) is 0 Å². The van der Waals surface area contributed by atoms with Gasteiger partial charge in [0, 0.05) is 24.4 Å². The van der Waals surface area contributed by atoms with Gasteiger partial charge in [-0.1, -0.05) is 13.8 Å². The summed E-state index contributed by atoms with van der Waals surface area (Å²) >= 11 is 0. The van der Waals surface area contributed by atoms with Gasteiger partial charge in [-0.2, -0.15) is 0 Å². The predicted octanol–water partition coefficient (Wildman–Crippen LogP) is 2.82. The van der Waals surface area contributed by atoms with E-state index in [1.807, 2.05) is 20.8 Å². The van der Waals surface area contributed by atoms with E-state index in [2.05, 4.69) is 4.72 Å². The lowest BCUT2D eigenvalue weighted by molar-refractivity contribution is 0.452. The second-order valence-corrected chi connectivity index (χ2v) is 8.78. The first-order valence-electron chi connectivity index (χ1n) is 8.96. The van der Waals surface area contributed by atoms with Crippen molar-refractivity contribution >= 4 is 15.7 Å². The van der Waals surface area contributed by atoms with Gasteiger partial charge in [0.15, 0.2) is 0 Å². The zero-order valence-corrected chi connectivity index (χ0v) is 17.4. The van der Waals surface area contributed by atoms with Gasteiger partial charge in [0.1, 0.15) is 11.5 Å². The maximum Gasteiger partial charge on any atom is 0.275 e. The summed E-state index contributed by atoms with van der Waals surface area (Å²) in [6.45, 7) is 5.78. The van der Waals surface area contributed by atoms with Gasteiger partial charge in [0.25, 0.3) is 15.6 Å². The number of phenols is 2. The highest BCUT2D eigenvalue weighted by Crippen LogP contribution is 2.29. The van der Waals surface area contributed by atoms with Crippen LogP contribution in [0.5, 0.6) is 11.5 Å². The number of phenolic OH excluding ortho intramolecular Hbond substituents is 2. The quantitative estimate of drug-likeness (QED) is 0.436. The Morgan fingerprint density at radius 2 is 1.66 bits per heavy atom. The molecule has 1 heterocycles. The van der Waals surface area contributed by atoms with Crippen LogP contribution in [0.3, 0.4) is 0 Å². The Kier molecular flexibility index (Phi) is 5.18. The van der Waals surface area contributed by atoms with E-state index < -0.39 is 15.8 Å². The number of hydrogen-bond donors (Lipinski definition) is 3. The fourth-order valence-electron chi connectivity index (χ4n) is 3.26. The minimum atomic E-state index is -3.97. The van der Waals surface area contributed by atoms with E-state index in [9.17, 15) is 23.4 Å². The second-order valence-electron chi connectivity index (χ2n) is 7.10. The lowest BCUT2D eigenvalue weighted by Crippen LogP contribution is -2.21. The fraction of sp³-hybridized carbons (Fsp3) is 0.250. The molecule has 0 bridgehead atoms. The molecule has 0 aliphatic rings. The number of anilines is 1. The third-order valence-corrected chi connectivity index (χ3v) is 6.17. The van der Waals surface area contributed by atoms with E-state index in [0.717, 1.165) is 11.8 Å². The van der Waals surface area contributed by atoms with Crippen molar-refractivity contribution in [3.8, 4) is 17.2 Å². The van der Waals surface area contributed by atoms with Crippen LogP contribution in [0, 0.1) is 6.92 Å². The summed E-state index contributed by atoms with van der Waals surface area (Å²) in [7, 11) is -2.19. The molecule has 154 valence electrons. The average Bonchev–Trinajstić information content (AvgIpc) is 2.86. The molecule has 0 saturated heterocycles. The van der Waals surface area contributed by atoms with Crippen LogP contribution in [0.1, 0.15) is 31.0 Å². The minimum Gasteiger partial charge on any atom is -0.508 e. The van der Waals surface area contributed by atoms with Crippen molar-refractivity contribution in [3.63, 3.8) is 0 Å². The van der Waals surface area contributed by atoms with E-state index >= 15 is 0 Å². The summed E-state index contributed by atoms with van der Waals surface area (Å²) in [6, 6.07) is 9.44. The van der Waals surface area contributed by atoms with Crippen LogP contribution < -0.4 is 10.3 Å². The minimum absolute atomic E-state index is 0.0308. The summed E-state index contributed by atoms with van der Waals surface area (Å²) < 4.78 is 30.7. The summed E-state index contributed by atoms with van der Waals surface area (Å²) in [5, 5.41) is 19.1. The first-order chi connectivity index (χ1) is 13.5. The molecule has 0 radical (unpaired) electrons. The van der Waals surface area contributed by atoms with Crippen LogP contribution in [0.15, 0.2) is 52.2 Å². The molecule has 29 heavy (non-hydrogen) atoms. The third-order valence-electron chi connectivity index (χ3n) is 4.79. The van der Waals surface area contributed by atoms with Gasteiger partial charge in [-0.15, -0.1) is 0 Å². The highest BCUT2D eigenvalue weighted by Gasteiger charge is 2.20. The Hall–Kier alpha value is -3.20. The zero-order chi connectivity index (χ0) is 21.5. The van der Waals surface area contributed by atoms with Crippen molar-refractivity contribution in [2.75, 3.05) is 4.72 Å². The standard InChI is InChI=1S/C20H23N3O5S/c1-12(2)19-13(3)22(4)23(20(19)26)14-5-8-16(9-6-14)29(27,28)21-17-10-7-15(24)11-18(17)25/h5-12,21,24-25H,1-4H3. The first kappa shape index (κ1) is 20.5. The SMILES string of the molecule is Cc1c(C(C)C)c(=O)n(-c2ccc(S(=O)(=O)Nc3ccc(O)cc3O)cc2)n1C. The molecule has 0 saturated carbocycles. The number of nitrogens with one attached hydrogen (secondary N) is 1. The topological polar surface area (TPSA) is 114 Å². The molecule has 1 aromatic heterocycles. The lowest BCUT2D eigenvalue weighted by Gasteiger charge is -2.12. The molecule has 0 aliphatic heterocycles. The third kappa shape index (κ3) is 3.73. The highest BCUT2D eigenvalue weighted by molar-refractivity contribution is 7.92. The molecule has 3 N–H and O–H groups in total. The Morgan fingerprint density at radius 1 is 1.03 bits per heavy atom. The molecular formula is C20H23N3O5S. The van der Waals surface area contributed by atoms with Gasteiger partial charge in [-0.05, 0) is 49.2 Å². The van der Waals surface area contributed by atoms with Gasteiger partial charge < -0.3 is 10.2 Å². The van der Waals surface area contributed by atoms with Crippen LogP contribution in [0.2, 0.25) is 0 Å². The number of aromatic nitrogens is 2. The van der Waals surface area contributed by atoms with Gasteiger partial charge in [-0.25, -0.2) is 13.1 Å². The number of benzene rings is 2. The molecule has 0 aliphatic carbocycles. The zero-order valence-electron chi connectivity index (χ0n) is 16.5. The Balaban J connectivity index is 1.97. The van der Waals surface area contributed by atoms with Crippen molar-refractivity contribution < 1.29 is 18.6 Å². The van der Waals surface area contributed by atoms with E-state index in [0.29, 0.717) is 11.3 Å². The highest BCUT2D eigenvalue weighted by atomic mass is 32.2. The number of nitrogens with zero attached hydrogens (tertiary/aromatic N) is 2. The molecule has 8 nitrogen and oxygen atoms in total. The predicted molar refractivity (Wildman–Crippen MR) is 110 cm³/mol. The number of rotatable bonds is 5. The van der Waals surface area contributed by atoms with Crippen molar-refractivity contribution in [2.24, 2.45) is 7.05 Å². The number of aromatic hydroxyl groups is 2. The molecule has 0 amide bonds. The van der Waals surface area contributed by atoms with Gasteiger partial charge in [-0.3, -0.25) is 14.2 Å². The monoisotopic (exact) mass is 417 g/mol. The Labute approximate surface area is 168 Å². The molecular weight excluding hydrogens is 394 g/mol. The summed E-state index contributed by atoms with van der Waals surface area (Å²) in [5.41, 5.74) is 1.92. The smallest absolute Gasteiger partial charge is 0.275 e. The summed E-state index contributed by atoms with van der Waals surface area (Å²) in [6.07, 6.45) is 0. The first-order valence-corrected chi connectivity index (χ1v) is 10.4. The largest absolute Gasteiger partial charge is 0.508 e. The molecule has 2 aromatic carbocycles. The van der Waals surface area contributed by atoms with E-state index in [1.165, 1.54) is 28.9 Å². The van der Waals surface area contributed by atoms with Crippen LogP contribution in [-0.2, 0) is 17.1 Å². The number of hydrogen-bond acceptors (Lipinski definition) is 5. The number of sulfonamides is 1. The lowest BCUT2D eigenvalue weighted by atomic mass is 10.0. The molecule has 0 atom stereocenters. The van der Waals surface area contributed by atoms with Gasteiger partial charge >= 0.3 is 0 Å². The van der Waals surface area contributed by atoms with E-state index in [-0.39, 0.29) is 27.8 Å². The maximum absolute atomic E-state index is 12.8. The van der Waals surface area contributed by atoms with Crippen molar-refractivity contribution in [1.82, 2.24) is 9.36 Å². The van der Waals surface area contributed by atoms with E-state index in [4.69, 9.17) is 0 Å². The molecule has 9 heteroatoms. The van der Waals surface area contributed by atoms with Crippen molar-refractivity contribution in [3.05, 3.63) is 64.1 Å². The van der Waals surface area contributed by atoms with E-state index in [1.54, 1.807) is 23.9 Å². The molecule has 3 rings (SSSR count). The second kappa shape index (κ2) is 7.32. The molecule has 3 aromatic rings. The van der Waals surface area contributed by atoms with Gasteiger partial charge in [0.2, 0.25) is 0 Å². The Morgan fingerprint density at radius 3 is 2.17 bits per heavy atom. The van der Waals surface area contributed by atoms with Gasteiger partial charge in [0.05, 0.1) is 16.3 Å². The molecule has 0 spiro atoms. The molecule has 0 unspecified atom stereocenters. The molecule has 0 fully saturated rings. The Bertz CT molecular complexity index is 1220. The van der Waals surface area contributed by atoms with Crippen molar-refractivity contribution in [2.45, 2.75) is 31.6 Å². The van der Waals surface area contributed by atoms with Crippen LogP contribution in [0.25, 0.3) is 5.69 Å².